The average Bonchev–Trinajstić information content (AvgIpc) is 2.48. The van der Waals surface area contributed by atoms with Gasteiger partial charge in [0.15, 0.2) is 0 Å². The van der Waals surface area contributed by atoms with Crippen LogP contribution in [0.25, 0.3) is 11.0 Å². The van der Waals surface area contributed by atoms with Gasteiger partial charge < -0.3 is 0 Å². The highest BCUT2D eigenvalue weighted by Gasteiger charge is 1.96. The standard InChI is InChI=1S/C16H13N3/c1-2-6-13(7-3-1)10-17-11-14-12-18-15-8-4-5-9-16(15)19-14/h1-9,11-12H,10H2. The van der Waals surface area contributed by atoms with Crippen LogP contribution >= 0.6 is 0 Å². The molecule has 0 bridgehead atoms. The molecule has 3 rings (SSSR count). The minimum Gasteiger partial charge on any atom is -0.286 e. The fraction of sp³-hybridized carbons (Fsp3) is 0.0625. The lowest BCUT2D eigenvalue weighted by Gasteiger charge is -1.97. The van der Waals surface area contributed by atoms with Gasteiger partial charge in [-0.05, 0) is 17.7 Å². The third kappa shape index (κ3) is 2.83. The third-order valence-electron chi connectivity index (χ3n) is 2.81. The summed E-state index contributed by atoms with van der Waals surface area (Å²) >= 11 is 0. The van der Waals surface area contributed by atoms with Crippen LogP contribution in [0.1, 0.15) is 11.3 Å². The molecule has 0 amide bonds. The van der Waals surface area contributed by atoms with Gasteiger partial charge in [0, 0.05) is 6.21 Å². The van der Waals surface area contributed by atoms with Crippen molar-refractivity contribution in [3.63, 3.8) is 0 Å². The van der Waals surface area contributed by atoms with Gasteiger partial charge in [0.1, 0.15) is 0 Å². The molecule has 0 atom stereocenters. The number of rotatable bonds is 3. The molecule has 0 aliphatic carbocycles. The quantitative estimate of drug-likeness (QED) is 0.666. The predicted molar refractivity (Wildman–Crippen MR) is 77.3 cm³/mol. The van der Waals surface area contributed by atoms with Gasteiger partial charge in [-0.25, -0.2) is 4.98 Å². The first kappa shape index (κ1) is 11.5. The molecule has 3 nitrogen and oxygen atoms in total. The Kier molecular flexibility index (Phi) is 3.28. The summed E-state index contributed by atoms with van der Waals surface area (Å²) in [5.74, 6) is 0. The fourth-order valence-electron chi connectivity index (χ4n) is 1.86. The van der Waals surface area contributed by atoms with Gasteiger partial charge >= 0.3 is 0 Å². The molecule has 1 aromatic heterocycles. The van der Waals surface area contributed by atoms with Crippen molar-refractivity contribution in [1.82, 2.24) is 9.97 Å². The zero-order chi connectivity index (χ0) is 12.9. The fourth-order valence-corrected chi connectivity index (χ4v) is 1.86. The number of para-hydroxylation sites is 2. The molecule has 3 aromatic rings. The summed E-state index contributed by atoms with van der Waals surface area (Å²) in [5, 5.41) is 0. The Morgan fingerprint density at radius 2 is 1.63 bits per heavy atom. The van der Waals surface area contributed by atoms with E-state index in [-0.39, 0.29) is 0 Å². The van der Waals surface area contributed by atoms with E-state index in [9.17, 15) is 0 Å². The molecule has 0 fully saturated rings. The molecule has 0 aliphatic heterocycles. The van der Waals surface area contributed by atoms with Gasteiger partial charge in [-0.1, -0.05) is 42.5 Å². The monoisotopic (exact) mass is 247 g/mol. The number of fused-ring (bicyclic) bond motifs is 1. The van der Waals surface area contributed by atoms with Crippen molar-refractivity contribution in [2.45, 2.75) is 6.54 Å². The summed E-state index contributed by atoms with van der Waals surface area (Å²) in [6.45, 7) is 0.662. The van der Waals surface area contributed by atoms with Gasteiger partial charge in [-0.3, -0.25) is 9.98 Å². The molecule has 0 unspecified atom stereocenters. The van der Waals surface area contributed by atoms with Crippen LogP contribution in [-0.2, 0) is 6.54 Å². The van der Waals surface area contributed by atoms with Crippen LogP contribution < -0.4 is 0 Å². The summed E-state index contributed by atoms with van der Waals surface area (Å²) in [6, 6.07) is 18.0. The van der Waals surface area contributed by atoms with Crippen molar-refractivity contribution < 1.29 is 0 Å². The highest BCUT2D eigenvalue weighted by Crippen LogP contribution is 2.07. The van der Waals surface area contributed by atoms with Crippen molar-refractivity contribution in [2.75, 3.05) is 0 Å². The highest BCUT2D eigenvalue weighted by molar-refractivity contribution is 5.81. The molecule has 92 valence electrons. The lowest BCUT2D eigenvalue weighted by molar-refractivity contribution is 1.07. The second-order valence-electron chi connectivity index (χ2n) is 4.24. The Labute approximate surface area is 111 Å². The van der Waals surface area contributed by atoms with Crippen LogP contribution in [0, 0.1) is 0 Å². The minimum atomic E-state index is 0.662. The van der Waals surface area contributed by atoms with E-state index >= 15 is 0 Å². The van der Waals surface area contributed by atoms with Crippen LogP contribution in [0.5, 0.6) is 0 Å². The minimum absolute atomic E-state index is 0.662. The topological polar surface area (TPSA) is 38.1 Å². The van der Waals surface area contributed by atoms with Crippen molar-refractivity contribution in [3.05, 3.63) is 72.1 Å². The van der Waals surface area contributed by atoms with Crippen LogP contribution in [-0.4, -0.2) is 16.2 Å². The van der Waals surface area contributed by atoms with E-state index in [0.717, 1.165) is 16.7 Å². The van der Waals surface area contributed by atoms with Gasteiger partial charge in [-0.2, -0.15) is 0 Å². The molecule has 0 aliphatic rings. The molecule has 3 heteroatoms. The van der Waals surface area contributed by atoms with E-state index in [1.54, 1.807) is 12.4 Å². The van der Waals surface area contributed by atoms with E-state index in [1.807, 2.05) is 42.5 Å². The first-order valence-electron chi connectivity index (χ1n) is 6.17. The summed E-state index contributed by atoms with van der Waals surface area (Å²) in [4.78, 5) is 13.2. The lowest BCUT2D eigenvalue weighted by Crippen LogP contribution is -1.92. The number of hydrogen-bond donors (Lipinski definition) is 0. The summed E-state index contributed by atoms with van der Waals surface area (Å²) in [6.07, 6.45) is 3.52. The Hall–Kier alpha value is -2.55. The number of nitrogens with zero attached hydrogens (tertiary/aromatic N) is 3. The second-order valence-corrected chi connectivity index (χ2v) is 4.24. The molecule has 0 saturated heterocycles. The van der Waals surface area contributed by atoms with Gasteiger partial charge in [-0.15, -0.1) is 0 Å². The van der Waals surface area contributed by atoms with E-state index in [4.69, 9.17) is 0 Å². The molecule has 0 spiro atoms. The first-order chi connectivity index (χ1) is 9.42. The average molecular weight is 247 g/mol. The molecule has 2 aromatic carbocycles. The first-order valence-corrected chi connectivity index (χ1v) is 6.17. The maximum atomic E-state index is 4.49. The van der Waals surface area contributed by atoms with E-state index in [2.05, 4.69) is 27.1 Å². The summed E-state index contributed by atoms with van der Waals surface area (Å²) in [7, 11) is 0. The normalized spacial score (nSPS) is 11.2. The largest absolute Gasteiger partial charge is 0.286 e. The highest BCUT2D eigenvalue weighted by atomic mass is 14.8. The van der Waals surface area contributed by atoms with Crippen LogP contribution in [0.2, 0.25) is 0 Å². The Morgan fingerprint density at radius 3 is 2.47 bits per heavy atom. The maximum Gasteiger partial charge on any atom is 0.0998 e. The van der Waals surface area contributed by atoms with E-state index in [0.29, 0.717) is 6.54 Å². The van der Waals surface area contributed by atoms with Crippen molar-refractivity contribution in [3.8, 4) is 0 Å². The molecule has 0 radical (unpaired) electrons. The van der Waals surface area contributed by atoms with E-state index in [1.165, 1.54) is 5.56 Å². The predicted octanol–water partition coefficient (Wildman–Crippen LogP) is 3.25. The molecular formula is C16H13N3. The molecule has 19 heavy (non-hydrogen) atoms. The molecule has 1 heterocycles. The second kappa shape index (κ2) is 5.40. The van der Waals surface area contributed by atoms with Gasteiger partial charge in [0.2, 0.25) is 0 Å². The van der Waals surface area contributed by atoms with Crippen LogP contribution in [0.3, 0.4) is 0 Å². The maximum absolute atomic E-state index is 4.49. The van der Waals surface area contributed by atoms with Gasteiger partial charge in [0.25, 0.3) is 0 Å². The zero-order valence-electron chi connectivity index (χ0n) is 10.4. The molecular weight excluding hydrogens is 234 g/mol. The van der Waals surface area contributed by atoms with Crippen molar-refractivity contribution >= 4 is 17.2 Å². The zero-order valence-corrected chi connectivity index (χ0v) is 10.4. The lowest BCUT2D eigenvalue weighted by atomic mass is 10.2. The molecule has 0 saturated carbocycles. The van der Waals surface area contributed by atoms with Crippen LogP contribution in [0.15, 0.2) is 65.8 Å². The molecule has 0 N–H and O–H groups in total. The Bertz CT molecular complexity index is 705. The summed E-state index contributed by atoms with van der Waals surface area (Å²) < 4.78 is 0. The number of benzene rings is 2. The number of aromatic nitrogens is 2. The smallest absolute Gasteiger partial charge is 0.0998 e. The van der Waals surface area contributed by atoms with Crippen LogP contribution in [0.4, 0.5) is 0 Å². The van der Waals surface area contributed by atoms with Gasteiger partial charge in [0.05, 0.1) is 29.5 Å². The summed E-state index contributed by atoms with van der Waals surface area (Å²) in [5.41, 5.74) is 3.77. The third-order valence-corrected chi connectivity index (χ3v) is 2.81. The number of aliphatic imine (C=N–C) groups is 1. The van der Waals surface area contributed by atoms with E-state index < -0.39 is 0 Å². The SMILES string of the molecule is C(=NCc1ccccc1)c1cnc2ccccc2n1. The van der Waals surface area contributed by atoms with Crippen molar-refractivity contribution in [1.29, 1.82) is 0 Å². The Balaban J connectivity index is 1.78. The van der Waals surface area contributed by atoms with Crippen molar-refractivity contribution in [2.24, 2.45) is 4.99 Å². The Morgan fingerprint density at radius 1 is 0.895 bits per heavy atom. The number of hydrogen-bond acceptors (Lipinski definition) is 3.